The van der Waals surface area contributed by atoms with Gasteiger partial charge in [-0.25, -0.2) is 0 Å². The summed E-state index contributed by atoms with van der Waals surface area (Å²) < 4.78 is 0. The number of aliphatic hydroxyl groups is 1. The predicted octanol–water partition coefficient (Wildman–Crippen LogP) is 2.39. The SMILES string of the molecule is C[C@H](N[C@H](C(=O)O)[C@H](O)Cc1ccccc1)c1ccccc1. The quantitative estimate of drug-likeness (QED) is 0.734. The summed E-state index contributed by atoms with van der Waals surface area (Å²) in [6, 6.07) is 17.8. The van der Waals surface area contributed by atoms with E-state index in [1.165, 1.54) is 0 Å². The highest BCUT2D eigenvalue weighted by atomic mass is 16.4. The van der Waals surface area contributed by atoms with E-state index < -0.39 is 18.1 Å². The van der Waals surface area contributed by atoms with Gasteiger partial charge in [-0.1, -0.05) is 60.7 Å². The second-order valence-corrected chi connectivity index (χ2v) is 5.37. The second-order valence-electron chi connectivity index (χ2n) is 5.37. The minimum Gasteiger partial charge on any atom is -0.480 e. The van der Waals surface area contributed by atoms with Crippen molar-refractivity contribution in [3.05, 3.63) is 71.8 Å². The fraction of sp³-hybridized carbons (Fsp3) is 0.278. The largest absolute Gasteiger partial charge is 0.480 e. The molecule has 0 radical (unpaired) electrons. The van der Waals surface area contributed by atoms with Gasteiger partial charge < -0.3 is 10.2 Å². The Hall–Kier alpha value is -2.17. The van der Waals surface area contributed by atoms with Crippen molar-refractivity contribution in [2.75, 3.05) is 0 Å². The van der Waals surface area contributed by atoms with Gasteiger partial charge in [-0.2, -0.15) is 0 Å². The van der Waals surface area contributed by atoms with Crippen molar-refractivity contribution in [3.8, 4) is 0 Å². The number of hydrogen-bond acceptors (Lipinski definition) is 3. The normalized spacial score (nSPS) is 15.0. The Bertz CT molecular complexity index is 586. The standard InChI is InChI=1S/C18H21NO3/c1-13(15-10-6-3-7-11-15)19-17(18(21)22)16(20)12-14-8-4-2-5-9-14/h2-11,13,16-17,19-20H,12H2,1H3,(H,21,22)/t13-,16+,17-/m0/s1. The molecule has 3 atom stereocenters. The Balaban J connectivity index is 2.04. The maximum atomic E-state index is 11.5. The third kappa shape index (κ3) is 4.41. The van der Waals surface area contributed by atoms with Gasteiger partial charge in [-0.15, -0.1) is 0 Å². The van der Waals surface area contributed by atoms with Crippen LogP contribution in [0.1, 0.15) is 24.1 Å². The zero-order valence-electron chi connectivity index (χ0n) is 12.5. The Morgan fingerprint density at radius 1 is 1.05 bits per heavy atom. The van der Waals surface area contributed by atoms with Crippen LogP contribution in [0.2, 0.25) is 0 Å². The highest BCUT2D eigenvalue weighted by molar-refractivity contribution is 5.74. The number of nitrogens with one attached hydrogen (secondary N) is 1. The van der Waals surface area contributed by atoms with Crippen LogP contribution in [0.15, 0.2) is 60.7 Å². The number of benzene rings is 2. The number of rotatable bonds is 7. The molecule has 0 spiro atoms. The Morgan fingerprint density at radius 3 is 2.14 bits per heavy atom. The zero-order valence-corrected chi connectivity index (χ0v) is 12.5. The van der Waals surface area contributed by atoms with E-state index in [2.05, 4.69) is 5.32 Å². The summed E-state index contributed by atoms with van der Waals surface area (Å²) in [5.41, 5.74) is 1.90. The van der Waals surface area contributed by atoms with Gasteiger partial charge in [-0.05, 0) is 18.1 Å². The van der Waals surface area contributed by atoms with Gasteiger partial charge >= 0.3 is 5.97 Å². The molecule has 0 bridgehead atoms. The summed E-state index contributed by atoms with van der Waals surface area (Å²) in [5, 5.41) is 22.7. The van der Waals surface area contributed by atoms with Crippen molar-refractivity contribution in [2.24, 2.45) is 0 Å². The lowest BCUT2D eigenvalue weighted by Gasteiger charge is -2.24. The molecule has 0 heterocycles. The number of hydrogen-bond donors (Lipinski definition) is 3. The molecule has 0 unspecified atom stereocenters. The average molecular weight is 299 g/mol. The maximum absolute atomic E-state index is 11.5. The van der Waals surface area contributed by atoms with Gasteiger partial charge in [0.25, 0.3) is 0 Å². The predicted molar refractivity (Wildman–Crippen MR) is 85.6 cm³/mol. The summed E-state index contributed by atoms with van der Waals surface area (Å²) in [6.45, 7) is 1.89. The summed E-state index contributed by atoms with van der Waals surface area (Å²) >= 11 is 0. The molecule has 22 heavy (non-hydrogen) atoms. The Labute approximate surface area is 130 Å². The van der Waals surface area contributed by atoms with Gasteiger partial charge in [-0.3, -0.25) is 10.1 Å². The minimum absolute atomic E-state index is 0.160. The van der Waals surface area contributed by atoms with Crippen LogP contribution in [0.25, 0.3) is 0 Å². The number of aliphatic hydroxyl groups excluding tert-OH is 1. The van der Waals surface area contributed by atoms with E-state index in [1.54, 1.807) is 0 Å². The first-order valence-corrected chi connectivity index (χ1v) is 7.33. The molecule has 0 aliphatic carbocycles. The number of carboxylic acid groups (broad SMARTS) is 1. The molecule has 2 aromatic carbocycles. The molecular weight excluding hydrogens is 278 g/mol. The van der Waals surface area contributed by atoms with Crippen LogP contribution in [0.4, 0.5) is 0 Å². The Morgan fingerprint density at radius 2 is 1.59 bits per heavy atom. The average Bonchev–Trinajstić information content (AvgIpc) is 2.53. The lowest BCUT2D eigenvalue weighted by Crippen LogP contribution is -2.47. The monoisotopic (exact) mass is 299 g/mol. The molecule has 4 nitrogen and oxygen atoms in total. The minimum atomic E-state index is -1.05. The molecule has 0 saturated heterocycles. The summed E-state index contributed by atoms with van der Waals surface area (Å²) in [7, 11) is 0. The molecule has 2 rings (SSSR count). The first kappa shape index (κ1) is 16.2. The molecule has 0 aliphatic heterocycles. The third-order valence-corrected chi connectivity index (χ3v) is 3.67. The lowest BCUT2D eigenvalue weighted by molar-refractivity contribution is -0.142. The van der Waals surface area contributed by atoms with Gasteiger partial charge in [0, 0.05) is 12.5 Å². The number of carboxylic acids is 1. The Kier molecular flexibility index (Phi) is 5.69. The van der Waals surface area contributed by atoms with Crippen LogP contribution >= 0.6 is 0 Å². The van der Waals surface area contributed by atoms with Crippen LogP contribution in [-0.2, 0) is 11.2 Å². The van der Waals surface area contributed by atoms with Gasteiger partial charge in [0.2, 0.25) is 0 Å². The first-order chi connectivity index (χ1) is 10.6. The van der Waals surface area contributed by atoms with Crippen molar-refractivity contribution >= 4 is 5.97 Å². The summed E-state index contributed by atoms with van der Waals surface area (Å²) in [6.07, 6.45) is -0.696. The van der Waals surface area contributed by atoms with Gasteiger partial charge in [0.15, 0.2) is 0 Å². The highest BCUT2D eigenvalue weighted by Gasteiger charge is 2.28. The van der Waals surface area contributed by atoms with Crippen LogP contribution in [0.5, 0.6) is 0 Å². The molecule has 0 aromatic heterocycles. The van der Waals surface area contributed by atoms with Crippen LogP contribution in [0, 0.1) is 0 Å². The van der Waals surface area contributed by atoms with Crippen LogP contribution < -0.4 is 5.32 Å². The van der Waals surface area contributed by atoms with E-state index in [4.69, 9.17) is 0 Å². The molecule has 3 N–H and O–H groups in total. The van der Waals surface area contributed by atoms with Crippen molar-refractivity contribution in [1.29, 1.82) is 0 Å². The van der Waals surface area contributed by atoms with E-state index in [1.807, 2.05) is 67.6 Å². The first-order valence-electron chi connectivity index (χ1n) is 7.33. The summed E-state index contributed by atoms with van der Waals surface area (Å²) in [5.74, 6) is -1.05. The number of aliphatic carboxylic acids is 1. The van der Waals surface area contributed by atoms with Crippen molar-refractivity contribution in [1.82, 2.24) is 5.32 Å². The molecule has 2 aromatic rings. The van der Waals surface area contributed by atoms with E-state index in [0.29, 0.717) is 6.42 Å². The van der Waals surface area contributed by atoms with Gasteiger partial charge in [0.05, 0.1) is 6.10 Å². The van der Waals surface area contributed by atoms with Crippen LogP contribution in [0.3, 0.4) is 0 Å². The summed E-state index contributed by atoms with van der Waals surface area (Å²) in [4.78, 5) is 11.5. The second kappa shape index (κ2) is 7.73. The molecular formula is C18H21NO3. The fourth-order valence-electron chi connectivity index (χ4n) is 2.43. The fourth-order valence-corrected chi connectivity index (χ4v) is 2.43. The van der Waals surface area contributed by atoms with E-state index in [0.717, 1.165) is 11.1 Å². The molecule has 0 aliphatic rings. The van der Waals surface area contributed by atoms with Crippen molar-refractivity contribution < 1.29 is 15.0 Å². The van der Waals surface area contributed by atoms with Crippen molar-refractivity contribution in [2.45, 2.75) is 31.5 Å². The third-order valence-electron chi connectivity index (χ3n) is 3.67. The molecule has 116 valence electrons. The highest BCUT2D eigenvalue weighted by Crippen LogP contribution is 2.14. The van der Waals surface area contributed by atoms with Gasteiger partial charge in [0.1, 0.15) is 6.04 Å². The maximum Gasteiger partial charge on any atom is 0.323 e. The lowest BCUT2D eigenvalue weighted by atomic mass is 10.00. The van der Waals surface area contributed by atoms with E-state index in [9.17, 15) is 15.0 Å². The number of carbonyl (C=O) groups is 1. The molecule has 0 amide bonds. The topological polar surface area (TPSA) is 69.6 Å². The van der Waals surface area contributed by atoms with E-state index in [-0.39, 0.29) is 6.04 Å². The molecule has 0 saturated carbocycles. The zero-order chi connectivity index (χ0) is 15.9. The molecule has 0 fully saturated rings. The van der Waals surface area contributed by atoms with E-state index >= 15 is 0 Å². The van der Waals surface area contributed by atoms with Crippen LogP contribution in [-0.4, -0.2) is 28.3 Å². The molecule has 4 heteroatoms. The smallest absolute Gasteiger partial charge is 0.323 e. The van der Waals surface area contributed by atoms with Crippen molar-refractivity contribution in [3.63, 3.8) is 0 Å².